The van der Waals surface area contributed by atoms with Gasteiger partial charge in [-0.1, -0.05) is 23.6 Å². The Morgan fingerprint density at radius 1 is 1.37 bits per heavy atom. The van der Waals surface area contributed by atoms with Crippen LogP contribution in [-0.4, -0.2) is 12.5 Å². The number of nitrogens with one attached hydrogen (secondary N) is 1. The smallest absolute Gasteiger partial charge is 0.266 e. The van der Waals surface area contributed by atoms with Gasteiger partial charge in [0.05, 0.1) is 8.95 Å². The van der Waals surface area contributed by atoms with Crippen molar-refractivity contribution in [3.05, 3.63) is 61.0 Å². The predicted octanol–water partition coefficient (Wildman–Crippen LogP) is 5.73. The molecule has 0 heterocycles. The van der Waals surface area contributed by atoms with E-state index in [1.54, 1.807) is 37.3 Å². The van der Waals surface area contributed by atoms with E-state index >= 15 is 0 Å². The molecule has 0 atom stereocenters. The lowest BCUT2D eigenvalue weighted by Gasteiger charge is -2.10. The molecule has 4 nitrogen and oxygen atoms in total. The monoisotopic (exact) mass is 506 g/mol. The fourth-order valence-electron chi connectivity index (χ4n) is 2.16. The number of terminal acetylenes is 1. The summed E-state index contributed by atoms with van der Waals surface area (Å²) in [6.45, 7) is 1.91. The summed E-state index contributed by atoms with van der Waals surface area (Å²) in [4.78, 5) is 12.5. The van der Waals surface area contributed by atoms with Crippen LogP contribution in [0.5, 0.6) is 5.75 Å². The summed E-state index contributed by atoms with van der Waals surface area (Å²) in [5.74, 6) is 2.41. The molecule has 0 aliphatic carbocycles. The van der Waals surface area contributed by atoms with Crippen molar-refractivity contribution in [2.75, 3.05) is 11.9 Å². The molecule has 2 aromatic rings. The highest BCUT2D eigenvalue weighted by Crippen LogP contribution is 2.35. The molecule has 7 heteroatoms. The first kappa shape index (κ1) is 21.1. The molecule has 0 radical (unpaired) electrons. The quantitative estimate of drug-likeness (QED) is 0.319. The molecule has 0 bridgehead atoms. The van der Waals surface area contributed by atoms with Gasteiger partial charge in [0.15, 0.2) is 0 Å². The van der Waals surface area contributed by atoms with Gasteiger partial charge in [-0.05, 0) is 80.3 Å². The zero-order valence-electron chi connectivity index (χ0n) is 14.1. The molecule has 0 aliphatic heterocycles. The second kappa shape index (κ2) is 9.62. The lowest BCUT2D eigenvalue weighted by atomic mass is 10.1. The number of carbonyl (C=O) groups is 1. The number of benzene rings is 2. The normalized spacial score (nSPS) is 10.7. The first-order valence-electron chi connectivity index (χ1n) is 7.61. The zero-order chi connectivity index (χ0) is 20.0. The second-order valence-corrected chi connectivity index (χ2v) is 7.46. The maximum absolute atomic E-state index is 12.5. The van der Waals surface area contributed by atoms with Crippen LogP contribution in [0.4, 0.5) is 5.69 Å². The standard InChI is InChI=1S/C20H13Br2ClN2O2/c1-3-7-27-19-15(21)9-13(10-16(19)22)8-14(11-24)20(26)25-18-6-4-5-17(23)12(18)2/h1,4-6,8-10H,7H2,2H3,(H,25,26)/b14-8+. The van der Waals surface area contributed by atoms with E-state index in [-0.39, 0.29) is 12.2 Å². The largest absolute Gasteiger partial charge is 0.479 e. The van der Waals surface area contributed by atoms with Gasteiger partial charge in [0.1, 0.15) is 24.0 Å². The van der Waals surface area contributed by atoms with Crippen LogP contribution in [0.15, 0.2) is 44.9 Å². The Labute approximate surface area is 179 Å². The van der Waals surface area contributed by atoms with Gasteiger partial charge < -0.3 is 10.1 Å². The van der Waals surface area contributed by atoms with E-state index in [1.807, 2.05) is 6.07 Å². The minimum absolute atomic E-state index is 0.0505. The Bertz CT molecular complexity index is 981. The first-order valence-corrected chi connectivity index (χ1v) is 9.57. The van der Waals surface area contributed by atoms with Gasteiger partial charge in [-0.25, -0.2) is 0 Å². The molecule has 27 heavy (non-hydrogen) atoms. The van der Waals surface area contributed by atoms with E-state index < -0.39 is 5.91 Å². The van der Waals surface area contributed by atoms with E-state index in [2.05, 4.69) is 43.1 Å². The van der Waals surface area contributed by atoms with Crippen molar-refractivity contribution in [2.24, 2.45) is 0 Å². The molecule has 0 spiro atoms. The molecule has 0 aromatic heterocycles. The summed E-state index contributed by atoms with van der Waals surface area (Å²) in [6.07, 6.45) is 6.68. The number of hydrogen-bond donors (Lipinski definition) is 1. The van der Waals surface area contributed by atoms with Crippen molar-refractivity contribution in [1.82, 2.24) is 0 Å². The van der Waals surface area contributed by atoms with Crippen molar-refractivity contribution < 1.29 is 9.53 Å². The fourth-order valence-corrected chi connectivity index (χ4v) is 3.79. The predicted molar refractivity (Wildman–Crippen MR) is 115 cm³/mol. The summed E-state index contributed by atoms with van der Waals surface area (Å²) >= 11 is 12.9. The Morgan fingerprint density at radius 3 is 2.63 bits per heavy atom. The van der Waals surface area contributed by atoms with Crippen LogP contribution in [0.1, 0.15) is 11.1 Å². The highest BCUT2D eigenvalue weighted by Gasteiger charge is 2.14. The number of hydrogen-bond acceptors (Lipinski definition) is 3. The third-order valence-electron chi connectivity index (χ3n) is 3.51. The van der Waals surface area contributed by atoms with Gasteiger partial charge >= 0.3 is 0 Å². The summed E-state index contributed by atoms with van der Waals surface area (Å²) in [7, 11) is 0. The zero-order valence-corrected chi connectivity index (χ0v) is 18.1. The molecular weight excluding hydrogens is 495 g/mol. The average molecular weight is 509 g/mol. The van der Waals surface area contributed by atoms with Crippen molar-refractivity contribution in [2.45, 2.75) is 6.92 Å². The highest BCUT2D eigenvalue weighted by atomic mass is 79.9. The molecule has 136 valence electrons. The number of carbonyl (C=O) groups excluding carboxylic acids is 1. The Hall–Kier alpha value is -2.25. The van der Waals surface area contributed by atoms with Crippen LogP contribution in [0, 0.1) is 30.6 Å². The van der Waals surface area contributed by atoms with E-state index in [0.29, 0.717) is 31.0 Å². The molecular formula is C20H13Br2ClN2O2. The third-order valence-corrected chi connectivity index (χ3v) is 5.10. The number of amides is 1. The van der Waals surface area contributed by atoms with E-state index in [1.165, 1.54) is 6.08 Å². The minimum Gasteiger partial charge on any atom is -0.479 e. The molecule has 1 amide bonds. The van der Waals surface area contributed by atoms with E-state index in [0.717, 1.165) is 5.56 Å². The van der Waals surface area contributed by atoms with Crippen LogP contribution in [0.3, 0.4) is 0 Å². The van der Waals surface area contributed by atoms with Crippen LogP contribution < -0.4 is 10.1 Å². The lowest BCUT2D eigenvalue weighted by molar-refractivity contribution is -0.112. The fraction of sp³-hybridized carbons (Fsp3) is 0.100. The van der Waals surface area contributed by atoms with Crippen molar-refractivity contribution in [3.8, 4) is 24.2 Å². The summed E-state index contributed by atoms with van der Waals surface area (Å²) < 4.78 is 6.73. The van der Waals surface area contributed by atoms with Crippen molar-refractivity contribution in [1.29, 1.82) is 5.26 Å². The van der Waals surface area contributed by atoms with Crippen LogP contribution in [-0.2, 0) is 4.79 Å². The number of nitrogens with zero attached hydrogens (tertiary/aromatic N) is 1. The maximum atomic E-state index is 12.5. The minimum atomic E-state index is -0.525. The van der Waals surface area contributed by atoms with E-state index in [9.17, 15) is 10.1 Å². The maximum Gasteiger partial charge on any atom is 0.266 e. The van der Waals surface area contributed by atoms with Gasteiger partial charge in [0.25, 0.3) is 5.91 Å². The number of halogens is 3. The van der Waals surface area contributed by atoms with Crippen LogP contribution in [0.2, 0.25) is 5.02 Å². The number of ether oxygens (including phenoxy) is 1. The first-order chi connectivity index (χ1) is 12.9. The molecule has 0 saturated carbocycles. The van der Waals surface area contributed by atoms with E-state index in [4.69, 9.17) is 22.8 Å². The Balaban J connectivity index is 2.30. The van der Waals surface area contributed by atoms with Crippen LogP contribution in [0.25, 0.3) is 6.08 Å². The Morgan fingerprint density at radius 2 is 2.04 bits per heavy atom. The summed E-state index contributed by atoms with van der Waals surface area (Å²) in [5, 5.41) is 12.6. The number of anilines is 1. The Kier molecular flexibility index (Phi) is 7.50. The molecule has 0 aliphatic rings. The summed E-state index contributed by atoms with van der Waals surface area (Å²) in [6, 6.07) is 10.6. The topological polar surface area (TPSA) is 62.1 Å². The third kappa shape index (κ3) is 5.37. The van der Waals surface area contributed by atoms with Gasteiger partial charge in [0.2, 0.25) is 0 Å². The lowest BCUT2D eigenvalue weighted by Crippen LogP contribution is -2.14. The SMILES string of the molecule is C#CCOc1c(Br)cc(/C=C(\C#N)C(=O)Nc2cccc(Cl)c2C)cc1Br. The molecule has 0 saturated heterocycles. The van der Waals surface area contributed by atoms with Gasteiger partial charge in [-0.2, -0.15) is 5.26 Å². The average Bonchev–Trinajstić information content (AvgIpc) is 2.62. The number of rotatable bonds is 5. The number of nitriles is 1. The molecule has 2 aromatic carbocycles. The van der Waals surface area contributed by atoms with Gasteiger partial charge in [0, 0.05) is 10.7 Å². The molecule has 2 rings (SSSR count). The van der Waals surface area contributed by atoms with Gasteiger partial charge in [-0.15, -0.1) is 6.42 Å². The van der Waals surface area contributed by atoms with Crippen molar-refractivity contribution in [3.63, 3.8) is 0 Å². The summed E-state index contributed by atoms with van der Waals surface area (Å²) in [5.41, 5.74) is 1.86. The molecule has 1 N–H and O–H groups in total. The highest BCUT2D eigenvalue weighted by molar-refractivity contribution is 9.11. The van der Waals surface area contributed by atoms with Gasteiger partial charge in [-0.3, -0.25) is 4.79 Å². The molecule has 0 fully saturated rings. The van der Waals surface area contributed by atoms with Crippen molar-refractivity contribution >= 4 is 61.1 Å². The van der Waals surface area contributed by atoms with Crippen LogP contribution >= 0.6 is 43.5 Å². The second-order valence-electron chi connectivity index (χ2n) is 5.34. The molecule has 0 unspecified atom stereocenters.